The molecule has 2 aromatic heterocycles. The Hall–Kier alpha value is -1.24. The number of thiophene rings is 1. The first-order valence-electron chi connectivity index (χ1n) is 7.65. The predicted octanol–water partition coefficient (Wildman–Crippen LogP) is 1.95. The number of fused-ring (bicyclic) bond motifs is 1. The van der Waals surface area contributed by atoms with Crippen LogP contribution in [0.5, 0.6) is 0 Å². The number of hydrogen-bond acceptors (Lipinski definition) is 5. The van der Waals surface area contributed by atoms with Gasteiger partial charge in [0.1, 0.15) is 10.5 Å². The summed E-state index contributed by atoms with van der Waals surface area (Å²) in [4.78, 5) is 22.0. The third-order valence-electron chi connectivity index (χ3n) is 4.29. The first-order valence-corrected chi connectivity index (χ1v) is 8.53. The lowest BCUT2D eigenvalue weighted by molar-refractivity contribution is 0.114. The van der Waals surface area contributed by atoms with Gasteiger partial charge >= 0.3 is 0 Å². The summed E-state index contributed by atoms with van der Waals surface area (Å²) in [6.45, 7) is 7.17. The third-order valence-corrected chi connectivity index (χ3v) is 5.20. The molecule has 3 heterocycles. The molecule has 2 unspecified atom stereocenters. The second kappa shape index (κ2) is 6.25. The maximum atomic E-state index is 12.1. The highest BCUT2D eigenvalue weighted by atomic mass is 32.1. The summed E-state index contributed by atoms with van der Waals surface area (Å²) in [5.41, 5.74) is 0.800. The molecule has 2 aromatic rings. The normalized spacial score (nSPS) is 23.7. The molecule has 1 saturated heterocycles. The molecule has 1 aliphatic heterocycles. The number of aromatic amines is 1. The SMILES string of the molecule is CCC1CN(Cc2nc3ccsc3c(=O)[nH]2)C(CC)CN1. The van der Waals surface area contributed by atoms with Crippen molar-refractivity contribution in [2.75, 3.05) is 13.1 Å². The number of piperazine rings is 1. The zero-order valence-corrected chi connectivity index (χ0v) is 13.4. The predicted molar refractivity (Wildman–Crippen MR) is 86.8 cm³/mol. The van der Waals surface area contributed by atoms with Crippen LogP contribution in [0.2, 0.25) is 0 Å². The number of nitrogens with zero attached hydrogens (tertiary/aromatic N) is 2. The Morgan fingerprint density at radius 3 is 3.05 bits per heavy atom. The van der Waals surface area contributed by atoms with E-state index < -0.39 is 0 Å². The standard InChI is InChI=1S/C15H22N4OS/c1-3-10-8-19(11(4-2)7-16-10)9-13-17-12-5-6-21-14(12)15(20)18-13/h5-6,10-11,16H,3-4,7-9H2,1-2H3,(H,17,18,20). The fourth-order valence-electron chi connectivity index (χ4n) is 2.99. The summed E-state index contributed by atoms with van der Waals surface area (Å²) in [6.07, 6.45) is 2.23. The van der Waals surface area contributed by atoms with Gasteiger partial charge in [-0.2, -0.15) is 0 Å². The topological polar surface area (TPSA) is 61.0 Å². The fraction of sp³-hybridized carbons (Fsp3) is 0.600. The zero-order chi connectivity index (χ0) is 14.8. The minimum absolute atomic E-state index is 0.0137. The smallest absolute Gasteiger partial charge is 0.268 e. The molecule has 0 radical (unpaired) electrons. The lowest BCUT2D eigenvalue weighted by Crippen LogP contribution is -2.55. The maximum absolute atomic E-state index is 12.1. The van der Waals surface area contributed by atoms with Crippen LogP contribution >= 0.6 is 11.3 Å². The molecule has 114 valence electrons. The zero-order valence-electron chi connectivity index (χ0n) is 12.6. The molecular weight excluding hydrogens is 284 g/mol. The Bertz CT molecular complexity index is 665. The third kappa shape index (κ3) is 3.02. The second-order valence-corrected chi connectivity index (χ2v) is 6.57. The first kappa shape index (κ1) is 14.7. The van der Waals surface area contributed by atoms with Gasteiger partial charge in [-0.3, -0.25) is 9.69 Å². The molecule has 5 nitrogen and oxygen atoms in total. The van der Waals surface area contributed by atoms with E-state index in [2.05, 4.69) is 34.0 Å². The summed E-state index contributed by atoms with van der Waals surface area (Å²) in [6, 6.07) is 2.96. The highest BCUT2D eigenvalue weighted by Crippen LogP contribution is 2.17. The van der Waals surface area contributed by atoms with Crippen LogP contribution < -0.4 is 10.9 Å². The lowest BCUT2D eigenvalue weighted by atomic mass is 10.1. The molecule has 1 fully saturated rings. The van der Waals surface area contributed by atoms with Crippen molar-refractivity contribution in [3.8, 4) is 0 Å². The molecule has 2 atom stereocenters. The van der Waals surface area contributed by atoms with Crippen molar-refractivity contribution in [3.05, 3.63) is 27.6 Å². The Balaban J connectivity index is 1.83. The van der Waals surface area contributed by atoms with Crippen LogP contribution in [0, 0.1) is 0 Å². The molecule has 6 heteroatoms. The first-order chi connectivity index (χ1) is 10.2. The molecule has 0 spiro atoms. The van der Waals surface area contributed by atoms with Crippen LogP contribution in [0.3, 0.4) is 0 Å². The molecule has 3 rings (SSSR count). The van der Waals surface area contributed by atoms with Gasteiger partial charge < -0.3 is 10.3 Å². The quantitative estimate of drug-likeness (QED) is 0.906. The monoisotopic (exact) mass is 306 g/mol. The van der Waals surface area contributed by atoms with Gasteiger partial charge in [0.25, 0.3) is 5.56 Å². The highest BCUT2D eigenvalue weighted by molar-refractivity contribution is 7.17. The molecule has 0 aliphatic carbocycles. The molecule has 0 aromatic carbocycles. The summed E-state index contributed by atoms with van der Waals surface area (Å²) in [5, 5.41) is 5.51. The van der Waals surface area contributed by atoms with Gasteiger partial charge in [0.15, 0.2) is 0 Å². The van der Waals surface area contributed by atoms with E-state index in [0.717, 1.165) is 48.5 Å². The van der Waals surface area contributed by atoms with Crippen LogP contribution in [0.15, 0.2) is 16.2 Å². The van der Waals surface area contributed by atoms with Crippen molar-refractivity contribution >= 4 is 21.6 Å². The number of H-pyrrole nitrogens is 1. The molecule has 0 bridgehead atoms. The molecule has 0 saturated carbocycles. The molecule has 0 amide bonds. The summed E-state index contributed by atoms with van der Waals surface area (Å²) in [7, 11) is 0. The van der Waals surface area contributed by atoms with Crippen LogP contribution in [-0.4, -0.2) is 40.0 Å². The van der Waals surface area contributed by atoms with E-state index in [4.69, 9.17) is 0 Å². The van der Waals surface area contributed by atoms with E-state index >= 15 is 0 Å². The van der Waals surface area contributed by atoms with Crippen molar-refractivity contribution in [1.82, 2.24) is 20.2 Å². The molecular formula is C15H22N4OS. The Morgan fingerprint density at radius 1 is 1.43 bits per heavy atom. The molecule has 2 N–H and O–H groups in total. The minimum Gasteiger partial charge on any atom is -0.311 e. The van der Waals surface area contributed by atoms with E-state index in [1.807, 2.05) is 11.4 Å². The minimum atomic E-state index is -0.0137. The average Bonchev–Trinajstić information content (AvgIpc) is 2.96. The van der Waals surface area contributed by atoms with E-state index in [0.29, 0.717) is 12.1 Å². The van der Waals surface area contributed by atoms with Crippen molar-refractivity contribution in [2.24, 2.45) is 0 Å². The fourth-order valence-corrected chi connectivity index (χ4v) is 3.71. The van der Waals surface area contributed by atoms with Crippen molar-refractivity contribution in [2.45, 2.75) is 45.3 Å². The van der Waals surface area contributed by atoms with Crippen molar-refractivity contribution in [3.63, 3.8) is 0 Å². The number of rotatable bonds is 4. The van der Waals surface area contributed by atoms with E-state index in [1.165, 1.54) is 11.3 Å². The number of nitrogens with one attached hydrogen (secondary N) is 2. The van der Waals surface area contributed by atoms with Gasteiger partial charge in [-0.25, -0.2) is 4.98 Å². The van der Waals surface area contributed by atoms with E-state index in [1.54, 1.807) is 0 Å². The van der Waals surface area contributed by atoms with E-state index in [9.17, 15) is 4.79 Å². The Morgan fingerprint density at radius 2 is 2.29 bits per heavy atom. The van der Waals surface area contributed by atoms with Gasteiger partial charge in [0.2, 0.25) is 0 Å². The van der Waals surface area contributed by atoms with E-state index in [-0.39, 0.29) is 5.56 Å². The van der Waals surface area contributed by atoms with Gasteiger partial charge in [-0.15, -0.1) is 11.3 Å². The number of hydrogen-bond donors (Lipinski definition) is 2. The van der Waals surface area contributed by atoms with Crippen molar-refractivity contribution in [1.29, 1.82) is 0 Å². The lowest BCUT2D eigenvalue weighted by Gasteiger charge is -2.39. The second-order valence-electron chi connectivity index (χ2n) is 5.65. The highest BCUT2D eigenvalue weighted by Gasteiger charge is 2.26. The largest absolute Gasteiger partial charge is 0.311 e. The number of aromatic nitrogens is 2. The Kier molecular flexibility index (Phi) is 4.37. The molecule has 21 heavy (non-hydrogen) atoms. The van der Waals surface area contributed by atoms with Gasteiger partial charge in [0, 0.05) is 25.2 Å². The van der Waals surface area contributed by atoms with Crippen LogP contribution in [0.4, 0.5) is 0 Å². The summed E-state index contributed by atoms with van der Waals surface area (Å²) < 4.78 is 0.720. The Labute approximate surface area is 128 Å². The average molecular weight is 306 g/mol. The van der Waals surface area contributed by atoms with Crippen LogP contribution in [-0.2, 0) is 6.54 Å². The summed E-state index contributed by atoms with van der Waals surface area (Å²) in [5.74, 6) is 0.779. The summed E-state index contributed by atoms with van der Waals surface area (Å²) >= 11 is 1.45. The van der Waals surface area contributed by atoms with Gasteiger partial charge in [-0.1, -0.05) is 13.8 Å². The van der Waals surface area contributed by atoms with Gasteiger partial charge in [0.05, 0.1) is 12.1 Å². The van der Waals surface area contributed by atoms with Crippen LogP contribution in [0.25, 0.3) is 10.2 Å². The van der Waals surface area contributed by atoms with Crippen molar-refractivity contribution < 1.29 is 0 Å². The maximum Gasteiger partial charge on any atom is 0.268 e. The van der Waals surface area contributed by atoms with Gasteiger partial charge in [-0.05, 0) is 24.3 Å². The van der Waals surface area contributed by atoms with Crippen LogP contribution in [0.1, 0.15) is 32.5 Å². The molecule has 1 aliphatic rings.